The first-order valence-electron chi connectivity index (χ1n) is 9.65. The maximum absolute atomic E-state index is 13.3. The summed E-state index contributed by atoms with van der Waals surface area (Å²) in [4.78, 5) is 26.0. The van der Waals surface area contributed by atoms with E-state index in [-0.39, 0.29) is 11.7 Å². The van der Waals surface area contributed by atoms with E-state index in [2.05, 4.69) is 10.3 Å². The smallest absolute Gasteiger partial charge is 0.261 e. The van der Waals surface area contributed by atoms with Gasteiger partial charge in [-0.2, -0.15) is 5.01 Å². The van der Waals surface area contributed by atoms with Gasteiger partial charge in [-0.05, 0) is 37.4 Å². The molecule has 5 heteroatoms. The number of hydrogen-bond acceptors (Lipinski definition) is 4. The number of para-hydroxylation sites is 1. The third-order valence-corrected chi connectivity index (χ3v) is 4.88. The Balaban J connectivity index is 2.04. The predicted molar refractivity (Wildman–Crippen MR) is 116 cm³/mol. The van der Waals surface area contributed by atoms with Gasteiger partial charge in [0.1, 0.15) is 11.2 Å². The molecule has 0 saturated heterocycles. The molecule has 1 amide bonds. The maximum Gasteiger partial charge on any atom is 0.261 e. The van der Waals surface area contributed by atoms with E-state index >= 15 is 0 Å². The van der Waals surface area contributed by atoms with Gasteiger partial charge in [0.2, 0.25) is 0 Å². The first-order valence-corrected chi connectivity index (χ1v) is 9.65. The van der Waals surface area contributed by atoms with Crippen LogP contribution in [0.3, 0.4) is 0 Å². The number of nitrogens with zero attached hydrogens (tertiary/aromatic N) is 3. The molecule has 0 radical (unpaired) electrons. The lowest BCUT2D eigenvalue weighted by Gasteiger charge is -2.28. The first-order chi connectivity index (χ1) is 13.8. The van der Waals surface area contributed by atoms with Crippen LogP contribution in [0.25, 0.3) is 10.8 Å². The van der Waals surface area contributed by atoms with Gasteiger partial charge < -0.3 is 0 Å². The van der Waals surface area contributed by atoms with Gasteiger partial charge in [0, 0.05) is 11.3 Å². The third kappa shape index (κ3) is 4.24. The number of Topliss-reactive ketones (excluding diaryl/α,β-unsaturated/α-hetero) is 1. The topological polar surface area (TPSA) is 62.1 Å². The highest BCUT2D eigenvalue weighted by atomic mass is 16.2. The molecule has 3 rings (SSSR count). The van der Waals surface area contributed by atoms with Crippen molar-refractivity contribution in [1.29, 1.82) is 0 Å². The zero-order valence-corrected chi connectivity index (χ0v) is 17.2. The number of rotatable bonds is 6. The van der Waals surface area contributed by atoms with E-state index in [0.717, 1.165) is 10.8 Å². The largest absolute Gasteiger partial charge is 0.298 e. The van der Waals surface area contributed by atoms with E-state index in [1.807, 2.05) is 60.7 Å². The summed E-state index contributed by atoms with van der Waals surface area (Å²) >= 11 is 0. The quantitative estimate of drug-likeness (QED) is 0.290. The van der Waals surface area contributed by atoms with Crippen LogP contribution in [0.1, 0.15) is 27.7 Å². The summed E-state index contributed by atoms with van der Waals surface area (Å²) in [5.41, 5.74) is -0.00199. The Bertz CT molecular complexity index is 1050. The van der Waals surface area contributed by atoms with Crippen LogP contribution in [0.2, 0.25) is 0 Å². The summed E-state index contributed by atoms with van der Waals surface area (Å²) in [6.07, 6.45) is 0. The SMILES string of the molecule is CC(C)C(=O)C(C)(C)C(=O)N(/N=N/c1cccc2ccccc12)c1ccccc1. The minimum Gasteiger partial charge on any atom is -0.298 e. The lowest BCUT2D eigenvalue weighted by atomic mass is 9.81. The number of benzene rings is 3. The summed E-state index contributed by atoms with van der Waals surface area (Å²) in [5, 5.41) is 11.9. The van der Waals surface area contributed by atoms with Crippen LogP contribution in [-0.4, -0.2) is 11.7 Å². The number of amides is 1. The number of carbonyl (C=O) groups excluding carboxylic acids is 2. The minimum atomic E-state index is -1.22. The highest BCUT2D eigenvalue weighted by Crippen LogP contribution is 2.30. The molecule has 3 aromatic rings. The van der Waals surface area contributed by atoms with Crippen molar-refractivity contribution in [2.24, 2.45) is 21.7 Å². The van der Waals surface area contributed by atoms with Crippen molar-refractivity contribution < 1.29 is 9.59 Å². The van der Waals surface area contributed by atoms with Crippen LogP contribution in [-0.2, 0) is 9.59 Å². The summed E-state index contributed by atoms with van der Waals surface area (Å²) in [6, 6.07) is 22.7. The molecule has 0 fully saturated rings. The summed E-state index contributed by atoms with van der Waals surface area (Å²) < 4.78 is 0. The van der Waals surface area contributed by atoms with Gasteiger partial charge in [0.25, 0.3) is 5.91 Å². The van der Waals surface area contributed by atoms with Gasteiger partial charge in [-0.1, -0.05) is 73.7 Å². The molecular weight excluding hydrogens is 362 g/mol. The molecule has 29 heavy (non-hydrogen) atoms. The molecule has 0 bridgehead atoms. The molecular formula is C24H25N3O2. The fourth-order valence-corrected chi connectivity index (χ4v) is 3.26. The molecule has 0 aliphatic heterocycles. The van der Waals surface area contributed by atoms with Crippen molar-refractivity contribution in [3.63, 3.8) is 0 Å². The molecule has 0 aromatic heterocycles. The van der Waals surface area contributed by atoms with Crippen molar-refractivity contribution >= 4 is 33.8 Å². The lowest BCUT2D eigenvalue weighted by Crippen LogP contribution is -2.44. The Labute approximate surface area is 171 Å². The molecule has 3 aromatic carbocycles. The van der Waals surface area contributed by atoms with Crippen molar-refractivity contribution in [3.8, 4) is 0 Å². The van der Waals surface area contributed by atoms with Crippen LogP contribution >= 0.6 is 0 Å². The van der Waals surface area contributed by atoms with Crippen molar-refractivity contribution in [3.05, 3.63) is 72.8 Å². The standard InChI is InChI=1S/C24H25N3O2/c1-17(2)22(28)24(3,4)23(29)27(19-13-6-5-7-14-19)26-25-21-16-10-12-18-11-8-9-15-20(18)21/h5-17H,1-4H3/b26-25+. The number of anilines is 1. The number of carbonyl (C=O) groups is 2. The zero-order chi connectivity index (χ0) is 21.0. The average Bonchev–Trinajstić information content (AvgIpc) is 2.73. The fourth-order valence-electron chi connectivity index (χ4n) is 3.26. The van der Waals surface area contributed by atoms with E-state index in [4.69, 9.17) is 0 Å². The summed E-state index contributed by atoms with van der Waals surface area (Å²) in [5.74, 6) is -0.809. The highest BCUT2D eigenvalue weighted by molar-refractivity contribution is 6.11. The fraction of sp³-hybridized carbons (Fsp3) is 0.250. The second kappa shape index (κ2) is 8.35. The molecule has 0 spiro atoms. The minimum absolute atomic E-state index is 0.135. The van der Waals surface area contributed by atoms with Crippen molar-refractivity contribution in [2.45, 2.75) is 27.7 Å². The van der Waals surface area contributed by atoms with Crippen LogP contribution in [0, 0.1) is 11.3 Å². The molecule has 0 aliphatic rings. The Morgan fingerprint density at radius 3 is 2.17 bits per heavy atom. The van der Waals surface area contributed by atoms with Crippen molar-refractivity contribution in [2.75, 3.05) is 5.01 Å². The Morgan fingerprint density at radius 2 is 1.48 bits per heavy atom. The van der Waals surface area contributed by atoms with E-state index in [1.165, 1.54) is 5.01 Å². The Kier molecular flexibility index (Phi) is 5.87. The van der Waals surface area contributed by atoms with Gasteiger partial charge in [0.15, 0.2) is 0 Å². The van der Waals surface area contributed by atoms with Gasteiger partial charge in [-0.25, -0.2) is 0 Å². The van der Waals surface area contributed by atoms with Gasteiger partial charge in [0.05, 0.1) is 11.4 Å². The van der Waals surface area contributed by atoms with E-state index in [9.17, 15) is 9.59 Å². The van der Waals surface area contributed by atoms with Crippen LogP contribution in [0.15, 0.2) is 83.1 Å². The number of ketones is 1. The Morgan fingerprint density at radius 1 is 0.862 bits per heavy atom. The molecule has 0 atom stereocenters. The van der Waals surface area contributed by atoms with Crippen LogP contribution < -0.4 is 5.01 Å². The van der Waals surface area contributed by atoms with Gasteiger partial charge >= 0.3 is 0 Å². The lowest BCUT2D eigenvalue weighted by molar-refractivity contribution is -0.140. The molecule has 0 N–H and O–H groups in total. The van der Waals surface area contributed by atoms with Crippen LogP contribution in [0.4, 0.5) is 11.4 Å². The summed E-state index contributed by atoms with van der Waals surface area (Å²) in [6.45, 7) is 6.87. The molecule has 0 saturated carbocycles. The van der Waals surface area contributed by atoms with E-state index in [0.29, 0.717) is 11.4 Å². The van der Waals surface area contributed by atoms with E-state index in [1.54, 1.807) is 39.8 Å². The molecule has 0 aliphatic carbocycles. The number of hydrogen-bond donors (Lipinski definition) is 0. The molecule has 5 nitrogen and oxygen atoms in total. The van der Waals surface area contributed by atoms with Crippen molar-refractivity contribution in [1.82, 2.24) is 0 Å². The van der Waals surface area contributed by atoms with Crippen LogP contribution in [0.5, 0.6) is 0 Å². The average molecular weight is 387 g/mol. The maximum atomic E-state index is 13.3. The summed E-state index contributed by atoms with van der Waals surface area (Å²) in [7, 11) is 0. The second-order valence-electron chi connectivity index (χ2n) is 7.78. The third-order valence-electron chi connectivity index (χ3n) is 4.88. The monoisotopic (exact) mass is 387 g/mol. The molecule has 148 valence electrons. The normalized spacial score (nSPS) is 11.9. The van der Waals surface area contributed by atoms with Gasteiger partial charge in [-0.3, -0.25) is 9.59 Å². The number of fused-ring (bicyclic) bond motifs is 1. The van der Waals surface area contributed by atoms with E-state index < -0.39 is 11.3 Å². The zero-order valence-electron chi connectivity index (χ0n) is 17.2. The Hall–Kier alpha value is -3.34. The second-order valence-corrected chi connectivity index (χ2v) is 7.78. The predicted octanol–water partition coefficient (Wildman–Crippen LogP) is 6.12. The molecule has 0 heterocycles. The highest BCUT2D eigenvalue weighted by Gasteiger charge is 2.41. The van der Waals surface area contributed by atoms with Gasteiger partial charge in [-0.15, -0.1) is 5.11 Å². The first kappa shape index (κ1) is 20.4. The molecule has 0 unspecified atom stereocenters.